The van der Waals surface area contributed by atoms with Gasteiger partial charge >= 0.3 is 0 Å². The molecule has 2 aliphatic rings. The van der Waals surface area contributed by atoms with Crippen LogP contribution in [0.2, 0.25) is 0 Å². The molecule has 0 bridgehead atoms. The molecule has 0 spiro atoms. The Morgan fingerprint density at radius 2 is 2.19 bits per heavy atom. The van der Waals surface area contributed by atoms with E-state index in [1.807, 2.05) is 12.3 Å². The van der Waals surface area contributed by atoms with E-state index in [-0.39, 0.29) is 0 Å². The average molecular weight is 303 g/mol. The molecule has 0 amide bonds. The zero-order valence-electron chi connectivity index (χ0n) is 12.2. The maximum Gasteiger partial charge on any atom is 0.160 e. The third-order valence-electron chi connectivity index (χ3n) is 4.53. The quantitative estimate of drug-likeness (QED) is 0.873. The van der Waals surface area contributed by atoms with Crippen LogP contribution < -0.4 is 0 Å². The Kier molecular flexibility index (Phi) is 3.86. The zero-order chi connectivity index (χ0) is 14.1. The standard InChI is InChI=1S/C16H21N3OS/c1-4-14-16(17-7-1)19(11-13-3-2-8-20-13)15(18-14)12-5-9-21-10-6-12/h1,4,7,12-13H,2-3,5-6,8-11H2. The smallest absolute Gasteiger partial charge is 0.160 e. The number of imidazole rings is 1. The van der Waals surface area contributed by atoms with Crippen LogP contribution in [0.5, 0.6) is 0 Å². The molecular weight excluding hydrogens is 282 g/mol. The summed E-state index contributed by atoms with van der Waals surface area (Å²) in [5.74, 6) is 4.32. The van der Waals surface area contributed by atoms with Crippen molar-refractivity contribution in [1.29, 1.82) is 0 Å². The van der Waals surface area contributed by atoms with Crippen molar-refractivity contribution in [2.45, 2.75) is 44.2 Å². The highest BCUT2D eigenvalue weighted by Gasteiger charge is 2.25. The summed E-state index contributed by atoms with van der Waals surface area (Å²) < 4.78 is 8.18. The second-order valence-corrected chi connectivity index (χ2v) is 7.17. The first-order valence-electron chi connectivity index (χ1n) is 7.92. The van der Waals surface area contributed by atoms with Crippen molar-refractivity contribution in [3.8, 4) is 0 Å². The predicted molar refractivity (Wildman–Crippen MR) is 85.8 cm³/mol. The number of fused-ring (bicyclic) bond motifs is 1. The molecule has 4 heterocycles. The molecule has 4 rings (SSSR count). The van der Waals surface area contributed by atoms with Crippen LogP contribution in [0.4, 0.5) is 0 Å². The second kappa shape index (κ2) is 5.97. The van der Waals surface area contributed by atoms with Crippen LogP contribution in [0.3, 0.4) is 0 Å². The molecule has 2 aromatic rings. The molecule has 2 aliphatic heterocycles. The normalized spacial score (nSPS) is 23.9. The van der Waals surface area contributed by atoms with Gasteiger partial charge in [0.15, 0.2) is 5.65 Å². The van der Waals surface area contributed by atoms with E-state index in [9.17, 15) is 0 Å². The Hall–Kier alpha value is -1.07. The highest BCUT2D eigenvalue weighted by molar-refractivity contribution is 7.99. The van der Waals surface area contributed by atoms with Gasteiger partial charge in [0.1, 0.15) is 11.3 Å². The van der Waals surface area contributed by atoms with Gasteiger partial charge in [0.2, 0.25) is 0 Å². The molecule has 2 aromatic heterocycles. The minimum absolute atomic E-state index is 0.334. The third kappa shape index (κ3) is 2.69. The van der Waals surface area contributed by atoms with Crippen LogP contribution in [-0.2, 0) is 11.3 Å². The number of rotatable bonds is 3. The van der Waals surface area contributed by atoms with Crippen LogP contribution in [0.25, 0.3) is 11.2 Å². The average Bonchev–Trinajstić information content (AvgIpc) is 3.17. The van der Waals surface area contributed by atoms with E-state index in [2.05, 4.69) is 27.4 Å². The SMILES string of the molecule is c1cnc2c(c1)nc(C1CCSCC1)n2CC1CCCO1. The number of hydrogen-bond donors (Lipinski definition) is 0. The van der Waals surface area contributed by atoms with E-state index in [0.717, 1.165) is 30.7 Å². The van der Waals surface area contributed by atoms with Crippen LogP contribution in [-0.4, -0.2) is 38.8 Å². The largest absolute Gasteiger partial charge is 0.376 e. The molecule has 2 fully saturated rings. The second-order valence-electron chi connectivity index (χ2n) is 5.95. The van der Waals surface area contributed by atoms with E-state index in [4.69, 9.17) is 9.72 Å². The zero-order valence-corrected chi connectivity index (χ0v) is 13.0. The summed E-state index contributed by atoms with van der Waals surface area (Å²) in [7, 11) is 0. The number of ether oxygens (including phenoxy) is 1. The van der Waals surface area contributed by atoms with Gasteiger partial charge in [-0.1, -0.05) is 0 Å². The van der Waals surface area contributed by atoms with Crippen molar-refractivity contribution >= 4 is 22.9 Å². The lowest BCUT2D eigenvalue weighted by Crippen LogP contribution is -2.20. The van der Waals surface area contributed by atoms with Crippen molar-refractivity contribution in [2.24, 2.45) is 0 Å². The van der Waals surface area contributed by atoms with Crippen molar-refractivity contribution in [1.82, 2.24) is 14.5 Å². The molecule has 1 unspecified atom stereocenters. The first kappa shape index (κ1) is 13.6. The van der Waals surface area contributed by atoms with Crippen molar-refractivity contribution in [3.63, 3.8) is 0 Å². The van der Waals surface area contributed by atoms with Gasteiger partial charge in [-0.05, 0) is 49.3 Å². The van der Waals surface area contributed by atoms with E-state index in [0.29, 0.717) is 12.0 Å². The van der Waals surface area contributed by atoms with Crippen molar-refractivity contribution in [2.75, 3.05) is 18.1 Å². The summed E-state index contributed by atoms with van der Waals surface area (Å²) in [6, 6.07) is 4.06. The number of aromatic nitrogens is 3. The van der Waals surface area contributed by atoms with Crippen LogP contribution in [0.1, 0.15) is 37.4 Å². The van der Waals surface area contributed by atoms with Gasteiger partial charge in [0.25, 0.3) is 0 Å². The number of thioether (sulfide) groups is 1. The first-order chi connectivity index (χ1) is 10.4. The number of hydrogen-bond acceptors (Lipinski definition) is 4. The van der Waals surface area contributed by atoms with E-state index in [1.165, 1.54) is 36.6 Å². The van der Waals surface area contributed by atoms with Gasteiger partial charge in [0, 0.05) is 18.7 Å². The summed E-state index contributed by atoms with van der Waals surface area (Å²) in [5, 5.41) is 0. The van der Waals surface area contributed by atoms with Crippen molar-refractivity contribution in [3.05, 3.63) is 24.2 Å². The number of nitrogens with zero attached hydrogens (tertiary/aromatic N) is 3. The maximum absolute atomic E-state index is 5.84. The Balaban J connectivity index is 1.72. The maximum atomic E-state index is 5.84. The van der Waals surface area contributed by atoms with Gasteiger partial charge in [0.05, 0.1) is 12.6 Å². The highest BCUT2D eigenvalue weighted by Crippen LogP contribution is 2.33. The molecule has 0 aromatic carbocycles. The summed E-state index contributed by atoms with van der Waals surface area (Å²) >= 11 is 2.06. The minimum atomic E-state index is 0.334. The number of pyridine rings is 1. The lowest BCUT2D eigenvalue weighted by molar-refractivity contribution is 0.0967. The lowest BCUT2D eigenvalue weighted by atomic mass is 10.0. The van der Waals surface area contributed by atoms with Gasteiger partial charge in [-0.2, -0.15) is 11.8 Å². The minimum Gasteiger partial charge on any atom is -0.376 e. The lowest BCUT2D eigenvalue weighted by Gasteiger charge is -2.23. The molecule has 0 radical (unpaired) electrons. The molecular formula is C16H21N3OS. The van der Waals surface area contributed by atoms with E-state index < -0.39 is 0 Å². The monoisotopic (exact) mass is 303 g/mol. The molecule has 0 aliphatic carbocycles. The fraction of sp³-hybridized carbons (Fsp3) is 0.625. The highest BCUT2D eigenvalue weighted by atomic mass is 32.2. The van der Waals surface area contributed by atoms with E-state index in [1.54, 1.807) is 0 Å². The molecule has 2 saturated heterocycles. The third-order valence-corrected chi connectivity index (χ3v) is 5.58. The van der Waals surface area contributed by atoms with E-state index >= 15 is 0 Å². The van der Waals surface area contributed by atoms with Gasteiger partial charge < -0.3 is 9.30 Å². The Morgan fingerprint density at radius 3 is 3.00 bits per heavy atom. The molecule has 0 N–H and O–H groups in total. The van der Waals surface area contributed by atoms with Gasteiger partial charge in [-0.25, -0.2) is 9.97 Å². The molecule has 112 valence electrons. The molecule has 0 saturated carbocycles. The van der Waals surface area contributed by atoms with Gasteiger partial charge in [-0.15, -0.1) is 0 Å². The topological polar surface area (TPSA) is 39.9 Å². The summed E-state index contributed by atoms with van der Waals surface area (Å²) in [5.41, 5.74) is 2.06. The van der Waals surface area contributed by atoms with Crippen LogP contribution in [0.15, 0.2) is 18.3 Å². The molecule has 1 atom stereocenters. The predicted octanol–water partition coefficient (Wildman–Crippen LogP) is 3.22. The molecule has 5 heteroatoms. The first-order valence-corrected chi connectivity index (χ1v) is 9.08. The Bertz CT molecular complexity index is 615. The summed E-state index contributed by atoms with van der Waals surface area (Å²) in [6.45, 7) is 1.81. The fourth-order valence-electron chi connectivity index (χ4n) is 3.42. The summed E-state index contributed by atoms with van der Waals surface area (Å²) in [4.78, 5) is 9.49. The van der Waals surface area contributed by atoms with Crippen molar-refractivity contribution < 1.29 is 4.74 Å². The van der Waals surface area contributed by atoms with Crippen LogP contribution in [0, 0.1) is 0 Å². The molecule has 21 heavy (non-hydrogen) atoms. The Morgan fingerprint density at radius 1 is 1.29 bits per heavy atom. The van der Waals surface area contributed by atoms with Gasteiger partial charge in [-0.3, -0.25) is 0 Å². The molecule has 4 nitrogen and oxygen atoms in total. The van der Waals surface area contributed by atoms with Crippen LogP contribution >= 0.6 is 11.8 Å². The fourth-order valence-corrected chi connectivity index (χ4v) is 4.52. The Labute approximate surface area is 129 Å². The summed E-state index contributed by atoms with van der Waals surface area (Å²) in [6.07, 6.45) is 7.02.